The Morgan fingerprint density at radius 1 is 0.735 bits per heavy atom. The third-order valence-corrected chi connectivity index (χ3v) is 6.11. The second-order valence-corrected chi connectivity index (χ2v) is 8.15. The number of nitrogens with one attached hydrogen (secondary N) is 1. The number of fused-ring (bicyclic) bond motifs is 5. The summed E-state index contributed by atoms with van der Waals surface area (Å²) in [5, 5.41) is 13.3. The van der Waals surface area contributed by atoms with Gasteiger partial charge in [0.1, 0.15) is 11.7 Å². The van der Waals surface area contributed by atoms with Crippen LogP contribution >= 0.6 is 0 Å². The summed E-state index contributed by atoms with van der Waals surface area (Å²) in [5.41, 5.74) is 9.73. The lowest BCUT2D eigenvalue weighted by atomic mass is 10.0. The lowest BCUT2D eigenvalue weighted by molar-refractivity contribution is 1.08. The van der Waals surface area contributed by atoms with Crippen LogP contribution in [0.1, 0.15) is 11.1 Å². The molecule has 3 N–H and O–H groups in total. The van der Waals surface area contributed by atoms with Gasteiger partial charge in [0.05, 0.1) is 11.0 Å². The van der Waals surface area contributed by atoms with Gasteiger partial charge >= 0.3 is 0 Å². The highest BCUT2D eigenvalue weighted by atomic mass is 15.1. The van der Waals surface area contributed by atoms with Gasteiger partial charge in [-0.2, -0.15) is 0 Å². The molecule has 2 aromatic heterocycles. The zero-order valence-electron chi connectivity index (χ0n) is 18.3. The molecule has 0 saturated carbocycles. The van der Waals surface area contributed by atoms with Gasteiger partial charge in [-0.25, -0.2) is 9.98 Å². The van der Waals surface area contributed by atoms with Crippen LogP contribution in [0.25, 0.3) is 38.4 Å². The molecule has 5 nitrogen and oxygen atoms in total. The summed E-state index contributed by atoms with van der Waals surface area (Å²) in [6.45, 7) is 0. The van der Waals surface area contributed by atoms with Crippen molar-refractivity contribution in [2.24, 2.45) is 10.7 Å². The van der Waals surface area contributed by atoms with Crippen LogP contribution in [0, 0.1) is 5.41 Å². The second-order valence-electron chi connectivity index (χ2n) is 8.15. The fourth-order valence-corrected chi connectivity index (χ4v) is 4.53. The first-order valence-electron chi connectivity index (χ1n) is 11.1. The van der Waals surface area contributed by atoms with E-state index in [1.807, 2.05) is 42.5 Å². The van der Waals surface area contributed by atoms with Gasteiger partial charge in [-0.1, -0.05) is 78.9 Å². The zero-order valence-corrected chi connectivity index (χ0v) is 18.3. The molecule has 0 radical (unpaired) electrons. The number of nitrogens with zero attached hydrogens (tertiary/aromatic N) is 3. The van der Waals surface area contributed by atoms with Crippen molar-refractivity contribution in [1.82, 2.24) is 9.55 Å². The Balaban J connectivity index is 1.53. The normalized spacial score (nSPS) is 11.9. The number of amidine groups is 2. The molecule has 0 fully saturated rings. The van der Waals surface area contributed by atoms with E-state index >= 15 is 0 Å². The summed E-state index contributed by atoms with van der Waals surface area (Å²) in [6, 6.07) is 34.2. The van der Waals surface area contributed by atoms with Crippen LogP contribution in [0.5, 0.6) is 0 Å². The van der Waals surface area contributed by atoms with Gasteiger partial charge in [-0.05, 0) is 35.0 Å². The highest BCUT2D eigenvalue weighted by Gasteiger charge is 2.16. The van der Waals surface area contributed by atoms with E-state index in [-0.39, 0.29) is 5.84 Å². The van der Waals surface area contributed by atoms with Gasteiger partial charge in [0.15, 0.2) is 5.84 Å². The Hall–Kier alpha value is -4.77. The Bertz CT molecular complexity index is 1730. The number of benzene rings is 4. The number of nitrogens with two attached hydrogens (primary N) is 1. The average molecular weight is 440 g/mol. The zero-order chi connectivity index (χ0) is 23.1. The van der Waals surface area contributed by atoms with Crippen LogP contribution in [-0.4, -0.2) is 21.2 Å². The molecule has 5 heteroatoms. The molecular formula is C29H21N5. The Kier molecular flexibility index (Phi) is 4.66. The van der Waals surface area contributed by atoms with Crippen molar-refractivity contribution in [2.75, 3.05) is 0 Å². The van der Waals surface area contributed by atoms with Crippen molar-refractivity contribution in [3.05, 3.63) is 120 Å². The number of rotatable bonds is 3. The molecule has 0 atom stereocenters. The highest BCUT2D eigenvalue weighted by Crippen LogP contribution is 2.36. The number of aromatic nitrogens is 2. The topological polar surface area (TPSA) is 80.1 Å². The van der Waals surface area contributed by atoms with E-state index in [0.717, 1.165) is 22.4 Å². The van der Waals surface area contributed by atoms with Crippen molar-refractivity contribution in [3.8, 4) is 5.82 Å². The number of hydrogen-bond donors (Lipinski definition) is 2. The molecule has 0 spiro atoms. The van der Waals surface area contributed by atoms with Gasteiger partial charge in [0, 0.05) is 28.1 Å². The average Bonchev–Trinajstić information content (AvgIpc) is 3.24. The van der Waals surface area contributed by atoms with E-state index < -0.39 is 0 Å². The van der Waals surface area contributed by atoms with Crippen molar-refractivity contribution in [3.63, 3.8) is 0 Å². The molecule has 6 aromatic rings. The fraction of sp³-hybridized carbons (Fsp3) is 0. The van der Waals surface area contributed by atoms with Crippen LogP contribution < -0.4 is 5.73 Å². The van der Waals surface area contributed by atoms with E-state index in [2.05, 4.69) is 69.1 Å². The number of aliphatic imine (C=N–C) groups is 1. The summed E-state index contributed by atoms with van der Waals surface area (Å²) in [4.78, 5) is 9.01. The molecular weight excluding hydrogens is 418 g/mol. The smallest absolute Gasteiger partial charge is 0.154 e. The van der Waals surface area contributed by atoms with Crippen molar-refractivity contribution < 1.29 is 0 Å². The quantitative estimate of drug-likeness (QED) is 0.259. The summed E-state index contributed by atoms with van der Waals surface area (Å²) in [6.07, 6.45) is 1.72. The van der Waals surface area contributed by atoms with E-state index in [1.54, 1.807) is 12.3 Å². The molecule has 4 aromatic carbocycles. The molecule has 0 unspecified atom stereocenters. The number of para-hydroxylation sites is 1. The predicted octanol–water partition coefficient (Wildman–Crippen LogP) is 6.06. The highest BCUT2D eigenvalue weighted by molar-refractivity contribution is 6.21. The molecule has 0 aliphatic heterocycles. The minimum atomic E-state index is 0.0937. The Morgan fingerprint density at radius 3 is 2.32 bits per heavy atom. The molecule has 162 valence electrons. The second kappa shape index (κ2) is 7.98. The van der Waals surface area contributed by atoms with Gasteiger partial charge in [0.25, 0.3) is 0 Å². The third-order valence-electron chi connectivity index (χ3n) is 6.11. The Labute approximate surface area is 196 Å². The molecule has 6 rings (SSSR count). The van der Waals surface area contributed by atoms with E-state index in [4.69, 9.17) is 11.1 Å². The lowest BCUT2D eigenvalue weighted by Gasteiger charge is -2.09. The molecule has 0 saturated heterocycles. The maximum Gasteiger partial charge on any atom is 0.154 e. The fourth-order valence-electron chi connectivity index (χ4n) is 4.53. The molecule has 34 heavy (non-hydrogen) atoms. The van der Waals surface area contributed by atoms with E-state index in [9.17, 15) is 0 Å². The first kappa shape index (κ1) is 19.9. The third kappa shape index (κ3) is 3.22. The minimum absolute atomic E-state index is 0.0937. The predicted molar refractivity (Wildman–Crippen MR) is 140 cm³/mol. The van der Waals surface area contributed by atoms with Crippen molar-refractivity contribution >= 4 is 44.2 Å². The van der Waals surface area contributed by atoms with E-state index in [1.165, 1.54) is 21.5 Å². The largest absolute Gasteiger partial charge is 0.383 e. The standard InChI is InChI=1S/C29H21N5/c30-28(20-9-2-1-3-10-20)33-29(31)21-16-17-32-26(18-21)34-24-13-7-6-12-23(24)27-22-11-5-4-8-19(22)14-15-25(27)34/h1-18H,(H3,30,31,33). The van der Waals surface area contributed by atoms with Gasteiger partial charge in [-0.15, -0.1) is 0 Å². The van der Waals surface area contributed by atoms with Crippen LogP contribution in [0.4, 0.5) is 0 Å². The minimum Gasteiger partial charge on any atom is -0.383 e. The van der Waals surface area contributed by atoms with Crippen molar-refractivity contribution in [2.45, 2.75) is 0 Å². The molecule has 0 amide bonds. The molecule has 0 aliphatic rings. The molecule has 0 bridgehead atoms. The lowest BCUT2D eigenvalue weighted by Crippen LogP contribution is -2.16. The number of pyridine rings is 1. The first-order valence-corrected chi connectivity index (χ1v) is 11.1. The Morgan fingerprint density at radius 2 is 1.47 bits per heavy atom. The van der Waals surface area contributed by atoms with Crippen LogP contribution in [-0.2, 0) is 0 Å². The van der Waals surface area contributed by atoms with Crippen LogP contribution in [0.3, 0.4) is 0 Å². The molecule has 0 aliphatic carbocycles. The van der Waals surface area contributed by atoms with Gasteiger partial charge in [-0.3, -0.25) is 9.98 Å². The summed E-state index contributed by atoms with van der Waals surface area (Å²) in [7, 11) is 0. The SMILES string of the molecule is N=C(N=C(N)c1ccccc1)c1ccnc(-n2c3ccccc3c3c4ccccc4ccc32)c1. The number of hydrogen-bond acceptors (Lipinski definition) is 2. The summed E-state index contributed by atoms with van der Waals surface area (Å²) >= 11 is 0. The van der Waals surface area contributed by atoms with Crippen LogP contribution in [0.15, 0.2) is 114 Å². The van der Waals surface area contributed by atoms with Gasteiger partial charge in [0.2, 0.25) is 0 Å². The first-order chi connectivity index (χ1) is 16.7. The summed E-state index contributed by atoms with van der Waals surface area (Å²) in [5.74, 6) is 1.14. The van der Waals surface area contributed by atoms with Crippen molar-refractivity contribution in [1.29, 1.82) is 5.41 Å². The monoisotopic (exact) mass is 439 g/mol. The van der Waals surface area contributed by atoms with Crippen LogP contribution in [0.2, 0.25) is 0 Å². The maximum absolute atomic E-state index is 8.56. The van der Waals surface area contributed by atoms with E-state index in [0.29, 0.717) is 11.4 Å². The summed E-state index contributed by atoms with van der Waals surface area (Å²) < 4.78 is 2.15. The van der Waals surface area contributed by atoms with Gasteiger partial charge < -0.3 is 5.73 Å². The maximum atomic E-state index is 8.56. The molecule has 2 heterocycles.